The molecule has 2 aliphatic carbocycles. The summed E-state index contributed by atoms with van der Waals surface area (Å²) >= 11 is 0. The van der Waals surface area contributed by atoms with Crippen LogP contribution < -0.4 is 0 Å². The number of rotatable bonds is 6. The molecule has 4 bridgehead atoms. The third kappa shape index (κ3) is 5.44. The molecule has 10 aliphatic rings. The number of methoxy groups -OCH3 is 2. The van der Waals surface area contributed by atoms with Crippen molar-refractivity contribution >= 4 is 11.9 Å². The molecule has 1 aromatic rings. The van der Waals surface area contributed by atoms with Gasteiger partial charge in [0, 0.05) is 24.7 Å². The lowest BCUT2D eigenvalue weighted by Gasteiger charge is -2.60. The molecule has 1 aromatic carbocycles. The SMILES string of the molecule is COC(=O)c1cc(C[C@H]2O[C@@H]3O[C@]4(C)CC[C@H]5[C@H](C)CC[C@@H]([C@H]2C)[C@@]35OO4)c(C[C@H]2O[C@@H]3O[C@]4(C)CC[C@H]5[C@H](C)CC[C@@H]([C@H]2C)[C@@]35OO4)cc1C(=O)OC. The van der Waals surface area contributed by atoms with Crippen LogP contribution in [0.4, 0.5) is 0 Å². The highest BCUT2D eigenvalue weighted by Crippen LogP contribution is 2.62. The molecule has 16 atom stereocenters. The lowest BCUT2D eigenvalue weighted by atomic mass is 9.57. The molecule has 0 amide bonds. The van der Waals surface area contributed by atoms with Crippen molar-refractivity contribution in [3.05, 3.63) is 34.4 Å². The number of fused-ring (bicyclic) bond motifs is 4. The van der Waals surface area contributed by atoms with Gasteiger partial charge in [-0.3, -0.25) is 0 Å². The molecule has 11 rings (SSSR count). The predicted molar refractivity (Wildman–Crippen MR) is 190 cm³/mol. The Bertz CT molecular complexity index is 1550. The van der Waals surface area contributed by atoms with Crippen LogP contribution in [0.1, 0.15) is 125 Å². The third-order valence-corrected chi connectivity index (χ3v) is 15.6. The summed E-state index contributed by atoms with van der Waals surface area (Å²) in [5, 5.41) is 0. The highest BCUT2D eigenvalue weighted by atomic mass is 17.3. The van der Waals surface area contributed by atoms with Gasteiger partial charge in [0.2, 0.25) is 11.6 Å². The van der Waals surface area contributed by atoms with Gasteiger partial charge in [0.1, 0.15) is 0 Å². The van der Waals surface area contributed by atoms with Crippen molar-refractivity contribution in [2.24, 2.45) is 47.3 Å². The molecule has 0 unspecified atom stereocenters. The van der Waals surface area contributed by atoms with Crippen LogP contribution in [0.3, 0.4) is 0 Å². The molecule has 12 heteroatoms. The van der Waals surface area contributed by atoms with Crippen molar-refractivity contribution in [2.45, 2.75) is 153 Å². The molecule has 2 spiro atoms. The number of benzene rings is 1. The van der Waals surface area contributed by atoms with E-state index in [9.17, 15) is 9.59 Å². The van der Waals surface area contributed by atoms with Gasteiger partial charge < -0.3 is 28.4 Å². The van der Waals surface area contributed by atoms with E-state index < -0.39 is 47.3 Å². The second kappa shape index (κ2) is 13.2. The average molecular weight is 755 g/mol. The maximum atomic E-state index is 13.3. The average Bonchev–Trinajstić information content (AvgIpc) is 3.53. The first-order chi connectivity index (χ1) is 25.8. The van der Waals surface area contributed by atoms with Gasteiger partial charge in [0.15, 0.2) is 23.8 Å². The van der Waals surface area contributed by atoms with Crippen molar-refractivity contribution in [2.75, 3.05) is 14.2 Å². The Labute approximate surface area is 318 Å². The van der Waals surface area contributed by atoms with Crippen molar-refractivity contribution in [3.8, 4) is 0 Å². The van der Waals surface area contributed by atoms with E-state index in [0.29, 0.717) is 24.7 Å². The Balaban J connectivity index is 1.08. The Morgan fingerprint density at radius 1 is 0.611 bits per heavy atom. The van der Waals surface area contributed by atoms with E-state index in [4.69, 9.17) is 48.0 Å². The van der Waals surface area contributed by atoms with Crippen LogP contribution in [0, 0.1) is 47.3 Å². The van der Waals surface area contributed by atoms with Gasteiger partial charge in [-0.2, -0.15) is 0 Å². The van der Waals surface area contributed by atoms with Gasteiger partial charge in [-0.25, -0.2) is 29.1 Å². The van der Waals surface area contributed by atoms with Crippen molar-refractivity contribution < 1.29 is 57.6 Å². The minimum Gasteiger partial charge on any atom is -0.465 e. The number of hydrogen-bond donors (Lipinski definition) is 0. The highest BCUT2D eigenvalue weighted by Gasteiger charge is 2.71. The maximum Gasteiger partial charge on any atom is 0.338 e. The van der Waals surface area contributed by atoms with Crippen LogP contribution in [0.5, 0.6) is 0 Å². The first kappa shape index (κ1) is 37.4. The predicted octanol–water partition coefficient (Wildman–Crippen LogP) is 6.85. The van der Waals surface area contributed by atoms with E-state index in [1.165, 1.54) is 14.2 Å². The number of carbonyl (C=O) groups excluding carboxylic acids is 2. The zero-order valence-electron chi connectivity index (χ0n) is 33.1. The largest absolute Gasteiger partial charge is 0.465 e. The summed E-state index contributed by atoms with van der Waals surface area (Å²) in [4.78, 5) is 51.6. The lowest BCUT2D eigenvalue weighted by molar-refractivity contribution is -0.571. The number of esters is 2. The van der Waals surface area contributed by atoms with Gasteiger partial charge in [0.05, 0.1) is 37.6 Å². The van der Waals surface area contributed by atoms with Gasteiger partial charge in [0.25, 0.3) is 0 Å². The van der Waals surface area contributed by atoms with E-state index in [-0.39, 0.29) is 58.8 Å². The summed E-state index contributed by atoms with van der Waals surface area (Å²) in [5.74, 6) is -1.11. The lowest BCUT2D eigenvalue weighted by Crippen LogP contribution is -2.70. The summed E-state index contributed by atoms with van der Waals surface area (Å²) in [6.07, 6.45) is 6.77. The molecule has 8 aliphatic heterocycles. The van der Waals surface area contributed by atoms with Crippen molar-refractivity contribution in [1.29, 1.82) is 0 Å². The van der Waals surface area contributed by atoms with Crippen molar-refractivity contribution in [3.63, 3.8) is 0 Å². The summed E-state index contributed by atoms with van der Waals surface area (Å²) in [6, 6.07) is 3.60. The number of carbonyl (C=O) groups is 2. The Hall–Kier alpha value is -2.16. The minimum absolute atomic E-state index is 0.0827. The van der Waals surface area contributed by atoms with Gasteiger partial charge in [-0.15, -0.1) is 0 Å². The molecule has 0 N–H and O–H groups in total. The van der Waals surface area contributed by atoms with E-state index >= 15 is 0 Å². The molecule has 0 radical (unpaired) electrons. The molecule has 8 saturated heterocycles. The normalized spacial score (nSPS) is 48.9. The fraction of sp³-hybridized carbons (Fsp3) is 0.810. The van der Waals surface area contributed by atoms with Crippen LogP contribution in [-0.2, 0) is 60.8 Å². The zero-order chi connectivity index (χ0) is 37.9. The van der Waals surface area contributed by atoms with Crippen LogP contribution in [0.25, 0.3) is 0 Å². The molecule has 0 aromatic heterocycles. The molecule has 2 saturated carbocycles. The van der Waals surface area contributed by atoms with Gasteiger partial charge in [-0.05, 0) is 124 Å². The zero-order valence-corrected chi connectivity index (χ0v) is 33.1. The van der Waals surface area contributed by atoms with Gasteiger partial charge >= 0.3 is 11.9 Å². The number of ether oxygens (including phenoxy) is 6. The van der Waals surface area contributed by atoms with Crippen molar-refractivity contribution in [1.82, 2.24) is 0 Å². The molecule has 8 heterocycles. The first-order valence-corrected chi connectivity index (χ1v) is 20.5. The topological polar surface area (TPSA) is 126 Å². The fourth-order valence-corrected chi connectivity index (χ4v) is 12.5. The molecular formula is C42H58O12. The first-order valence-electron chi connectivity index (χ1n) is 20.5. The quantitative estimate of drug-likeness (QED) is 0.223. The Kier molecular flexibility index (Phi) is 9.14. The van der Waals surface area contributed by atoms with E-state index in [2.05, 4.69) is 27.7 Å². The Morgan fingerprint density at radius 2 is 1.02 bits per heavy atom. The van der Waals surface area contributed by atoms with Gasteiger partial charge in [-0.1, -0.05) is 27.7 Å². The van der Waals surface area contributed by atoms with E-state index in [1.54, 1.807) is 12.1 Å². The van der Waals surface area contributed by atoms with Crippen LogP contribution >= 0.6 is 0 Å². The fourth-order valence-electron chi connectivity index (χ4n) is 12.5. The second-order valence-corrected chi connectivity index (χ2v) is 18.4. The molecular weight excluding hydrogens is 696 g/mol. The van der Waals surface area contributed by atoms with Crippen LogP contribution in [0.2, 0.25) is 0 Å². The van der Waals surface area contributed by atoms with E-state index in [1.807, 2.05) is 13.8 Å². The molecule has 298 valence electrons. The minimum atomic E-state index is -0.888. The van der Waals surface area contributed by atoms with Crippen LogP contribution in [-0.4, -0.2) is 73.7 Å². The van der Waals surface area contributed by atoms with E-state index in [0.717, 1.165) is 62.5 Å². The second-order valence-electron chi connectivity index (χ2n) is 18.4. The summed E-state index contributed by atoms with van der Waals surface area (Å²) < 4.78 is 37.8. The molecule has 54 heavy (non-hydrogen) atoms. The standard InChI is InChI=1S/C42H58O12/c1-21-9-11-31-23(3)33(47-37-41(31)29(21)13-15-39(5,49-37)51-53-41)19-25-17-27(35(43)45-7)28(36(44)46-8)18-26(25)20-34-24(4)32-12-10-22(2)30-14-16-40(6)50-38(48-34)42(30,32)54-52-40/h17-18,21-24,29-34,37-38H,9-16,19-20H2,1-8H3/t21-,22-,23-,24-,29+,30+,31+,32+,33-,34-,37-,38-,39+,40+,41-,42-/m1/s1. The summed E-state index contributed by atoms with van der Waals surface area (Å²) in [5.41, 5.74) is 0.726. The highest BCUT2D eigenvalue weighted by molar-refractivity contribution is 6.03. The smallest absolute Gasteiger partial charge is 0.338 e. The maximum absolute atomic E-state index is 13.3. The third-order valence-electron chi connectivity index (χ3n) is 15.6. The molecule has 12 nitrogen and oxygen atoms in total. The number of hydrogen-bond acceptors (Lipinski definition) is 12. The monoisotopic (exact) mass is 754 g/mol. The van der Waals surface area contributed by atoms with Crippen LogP contribution in [0.15, 0.2) is 12.1 Å². The summed E-state index contributed by atoms with van der Waals surface area (Å²) in [7, 11) is 2.64. The Morgan fingerprint density at radius 3 is 1.41 bits per heavy atom. The molecule has 10 fully saturated rings. The summed E-state index contributed by atoms with van der Waals surface area (Å²) in [6.45, 7) is 13.0.